The van der Waals surface area contributed by atoms with Crippen LogP contribution in [0.5, 0.6) is 0 Å². The molecule has 1 spiro atoms. The maximum Gasteiger partial charge on any atom is 0.410 e. The Hall–Kier alpha value is -2.25. The first-order valence-corrected chi connectivity index (χ1v) is 9.04. The largest absolute Gasteiger partial charge is 0.441 e. The molecule has 136 valence electrons. The van der Waals surface area contributed by atoms with E-state index in [1.54, 1.807) is 11.9 Å². The SMILES string of the molecule is CN1C[C@]2(CCCN(C(=O)NCc3cncn3C3CC3)CC2)OC1=O. The Labute approximate surface area is 147 Å². The van der Waals surface area contributed by atoms with E-state index in [1.807, 2.05) is 17.4 Å². The van der Waals surface area contributed by atoms with Gasteiger partial charge in [0, 0.05) is 38.8 Å². The Balaban J connectivity index is 1.32. The summed E-state index contributed by atoms with van der Waals surface area (Å²) in [5.41, 5.74) is 0.624. The smallest absolute Gasteiger partial charge is 0.410 e. The van der Waals surface area contributed by atoms with Gasteiger partial charge in [-0.1, -0.05) is 0 Å². The van der Waals surface area contributed by atoms with E-state index in [9.17, 15) is 9.59 Å². The Kier molecular flexibility index (Phi) is 4.05. The fourth-order valence-electron chi connectivity index (χ4n) is 3.85. The van der Waals surface area contributed by atoms with Crippen LogP contribution in [-0.2, 0) is 11.3 Å². The Morgan fingerprint density at radius 3 is 2.96 bits per heavy atom. The minimum Gasteiger partial charge on any atom is -0.441 e. The number of likely N-dealkylation sites (tertiary alicyclic amines) is 1. The molecule has 0 radical (unpaired) electrons. The number of ether oxygens (including phenoxy) is 1. The van der Waals surface area contributed by atoms with Crippen LogP contribution < -0.4 is 5.32 Å². The summed E-state index contributed by atoms with van der Waals surface area (Å²) in [7, 11) is 1.76. The van der Waals surface area contributed by atoms with Crippen LogP contribution in [0.4, 0.5) is 9.59 Å². The molecule has 8 heteroatoms. The second-order valence-electron chi connectivity index (χ2n) is 7.43. The minimum absolute atomic E-state index is 0.0572. The van der Waals surface area contributed by atoms with Gasteiger partial charge in [-0.2, -0.15) is 0 Å². The van der Waals surface area contributed by atoms with Gasteiger partial charge in [-0.15, -0.1) is 0 Å². The molecule has 3 amide bonds. The molecule has 0 unspecified atom stereocenters. The number of carbonyl (C=O) groups is 2. The molecule has 2 aliphatic heterocycles. The molecule has 0 bridgehead atoms. The Morgan fingerprint density at radius 2 is 2.24 bits per heavy atom. The maximum atomic E-state index is 12.5. The van der Waals surface area contributed by atoms with E-state index >= 15 is 0 Å². The minimum atomic E-state index is -0.425. The van der Waals surface area contributed by atoms with E-state index in [-0.39, 0.29) is 12.1 Å². The van der Waals surface area contributed by atoms with Crippen LogP contribution in [0.15, 0.2) is 12.5 Å². The van der Waals surface area contributed by atoms with Gasteiger partial charge in [0.15, 0.2) is 0 Å². The van der Waals surface area contributed by atoms with Crippen molar-refractivity contribution >= 4 is 12.1 Å². The summed E-state index contributed by atoms with van der Waals surface area (Å²) >= 11 is 0. The molecule has 3 fully saturated rings. The zero-order valence-corrected chi connectivity index (χ0v) is 14.6. The third kappa shape index (κ3) is 3.29. The standard InChI is InChI=1S/C17H25N5O3/c1-20-11-17(25-16(20)24)5-2-7-21(8-6-17)15(23)19-10-14-9-18-12-22(14)13-3-4-13/h9,12-13H,2-8,10-11H2,1H3,(H,19,23)/t17-/m1/s1. The number of hydrogen-bond acceptors (Lipinski definition) is 4. The average Bonchev–Trinajstić information content (AvgIpc) is 3.30. The lowest BCUT2D eigenvalue weighted by Gasteiger charge is -2.25. The van der Waals surface area contributed by atoms with E-state index in [2.05, 4.69) is 14.9 Å². The lowest BCUT2D eigenvalue weighted by Crippen LogP contribution is -2.41. The predicted octanol–water partition coefficient (Wildman–Crippen LogP) is 1.73. The highest BCUT2D eigenvalue weighted by molar-refractivity contribution is 5.74. The van der Waals surface area contributed by atoms with Gasteiger partial charge in [0.05, 0.1) is 25.1 Å². The van der Waals surface area contributed by atoms with Crippen LogP contribution >= 0.6 is 0 Å². The van der Waals surface area contributed by atoms with Crippen LogP contribution in [0, 0.1) is 0 Å². The van der Waals surface area contributed by atoms with Crippen LogP contribution in [-0.4, -0.2) is 63.8 Å². The molecule has 1 saturated carbocycles. The fourth-order valence-corrected chi connectivity index (χ4v) is 3.85. The van der Waals surface area contributed by atoms with E-state index in [1.165, 1.54) is 12.8 Å². The first kappa shape index (κ1) is 16.2. The third-order valence-electron chi connectivity index (χ3n) is 5.43. The van der Waals surface area contributed by atoms with Gasteiger partial charge in [0.2, 0.25) is 0 Å². The van der Waals surface area contributed by atoms with Crippen molar-refractivity contribution in [2.75, 3.05) is 26.7 Å². The highest BCUT2D eigenvalue weighted by Crippen LogP contribution is 2.35. The lowest BCUT2D eigenvalue weighted by molar-refractivity contribution is 0.0453. The molecule has 3 heterocycles. The van der Waals surface area contributed by atoms with E-state index < -0.39 is 5.60 Å². The quantitative estimate of drug-likeness (QED) is 0.903. The molecule has 25 heavy (non-hydrogen) atoms. The molecule has 1 aromatic rings. The highest BCUT2D eigenvalue weighted by Gasteiger charge is 2.44. The van der Waals surface area contributed by atoms with E-state index in [0.29, 0.717) is 38.6 Å². The van der Waals surface area contributed by atoms with Gasteiger partial charge in [-0.05, 0) is 25.7 Å². The zero-order chi connectivity index (χ0) is 17.4. The molecule has 8 nitrogen and oxygen atoms in total. The van der Waals surface area contributed by atoms with Crippen molar-refractivity contribution in [3.8, 4) is 0 Å². The highest BCUT2D eigenvalue weighted by atomic mass is 16.6. The van der Waals surface area contributed by atoms with Crippen molar-refractivity contribution in [3.05, 3.63) is 18.2 Å². The van der Waals surface area contributed by atoms with Crippen molar-refractivity contribution in [2.45, 2.75) is 50.3 Å². The molecule has 1 N–H and O–H groups in total. The third-order valence-corrected chi connectivity index (χ3v) is 5.43. The van der Waals surface area contributed by atoms with E-state index in [0.717, 1.165) is 18.5 Å². The second-order valence-corrected chi connectivity index (χ2v) is 7.43. The van der Waals surface area contributed by atoms with Gasteiger partial charge in [0.25, 0.3) is 0 Å². The average molecular weight is 347 g/mol. The summed E-state index contributed by atoms with van der Waals surface area (Å²) in [6, 6.07) is 0.500. The maximum absolute atomic E-state index is 12.5. The lowest BCUT2D eigenvalue weighted by atomic mass is 9.95. The van der Waals surface area contributed by atoms with Gasteiger partial charge in [-0.3, -0.25) is 0 Å². The first-order valence-electron chi connectivity index (χ1n) is 9.04. The number of carbonyl (C=O) groups excluding carboxylic acids is 2. The molecular formula is C17H25N5O3. The fraction of sp³-hybridized carbons (Fsp3) is 0.706. The van der Waals surface area contributed by atoms with Crippen LogP contribution in [0.25, 0.3) is 0 Å². The van der Waals surface area contributed by atoms with Crippen molar-refractivity contribution in [2.24, 2.45) is 0 Å². The zero-order valence-electron chi connectivity index (χ0n) is 14.6. The van der Waals surface area contributed by atoms with Gasteiger partial charge in [-0.25, -0.2) is 14.6 Å². The topological polar surface area (TPSA) is 79.7 Å². The Bertz CT molecular complexity index is 671. The summed E-state index contributed by atoms with van der Waals surface area (Å²) in [4.78, 5) is 31.9. The van der Waals surface area contributed by atoms with Crippen LogP contribution in [0.2, 0.25) is 0 Å². The number of hydrogen-bond donors (Lipinski definition) is 1. The number of nitrogens with zero attached hydrogens (tertiary/aromatic N) is 4. The second kappa shape index (κ2) is 6.24. The van der Waals surface area contributed by atoms with Crippen LogP contribution in [0.1, 0.15) is 43.8 Å². The molecular weight excluding hydrogens is 322 g/mol. The molecule has 0 aromatic carbocycles. The van der Waals surface area contributed by atoms with Gasteiger partial charge in [0.1, 0.15) is 5.60 Å². The summed E-state index contributed by atoms with van der Waals surface area (Å²) in [5, 5.41) is 3.01. The number of nitrogens with one attached hydrogen (secondary N) is 1. The molecule has 2 saturated heterocycles. The van der Waals surface area contributed by atoms with Crippen molar-refractivity contribution in [1.29, 1.82) is 0 Å². The molecule has 1 aromatic heterocycles. The van der Waals surface area contributed by atoms with Crippen molar-refractivity contribution in [3.63, 3.8) is 0 Å². The van der Waals surface area contributed by atoms with Crippen LogP contribution in [0.3, 0.4) is 0 Å². The summed E-state index contributed by atoms with van der Waals surface area (Å²) in [6.45, 7) is 2.40. The normalized spacial score (nSPS) is 26.7. The monoisotopic (exact) mass is 347 g/mol. The number of urea groups is 1. The number of aromatic nitrogens is 2. The molecule has 4 rings (SSSR count). The van der Waals surface area contributed by atoms with Gasteiger partial charge < -0.3 is 24.4 Å². The van der Waals surface area contributed by atoms with Crippen molar-refractivity contribution < 1.29 is 14.3 Å². The number of amides is 3. The van der Waals surface area contributed by atoms with Crippen molar-refractivity contribution in [1.82, 2.24) is 24.7 Å². The van der Waals surface area contributed by atoms with Gasteiger partial charge >= 0.3 is 12.1 Å². The number of likely N-dealkylation sites (N-methyl/N-ethyl adjacent to an activating group) is 1. The summed E-state index contributed by atoms with van der Waals surface area (Å²) < 4.78 is 7.75. The molecule has 3 aliphatic rings. The summed E-state index contributed by atoms with van der Waals surface area (Å²) in [5.74, 6) is 0. The Morgan fingerprint density at radius 1 is 1.40 bits per heavy atom. The molecule has 1 atom stereocenters. The number of imidazole rings is 1. The number of rotatable bonds is 3. The first-order chi connectivity index (χ1) is 12.1. The summed E-state index contributed by atoms with van der Waals surface area (Å²) in [6.07, 6.45) is 8.14. The van der Waals surface area contributed by atoms with E-state index in [4.69, 9.17) is 4.74 Å². The molecule has 1 aliphatic carbocycles. The predicted molar refractivity (Wildman–Crippen MR) is 90.0 cm³/mol.